The molecule has 0 saturated carbocycles. The summed E-state index contributed by atoms with van der Waals surface area (Å²) in [6, 6.07) is 0.470. The van der Waals surface area contributed by atoms with Gasteiger partial charge in [-0.1, -0.05) is 6.58 Å². The van der Waals surface area contributed by atoms with Gasteiger partial charge in [0.25, 0.3) is 6.02 Å². The molecule has 0 aliphatic heterocycles. The Morgan fingerprint density at radius 3 is 2.80 bits per heavy atom. The normalized spacial score (nSPS) is 10.9. The average molecular weight is 143 g/mol. The standard InChI is InChI=1S/C6H13N3O/c1-4-8-6(10-3)9(2)5-7/h4H,1,5,7H2,2-3H3/b8-6+. The maximum atomic E-state index is 5.31. The zero-order valence-electron chi connectivity index (χ0n) is 6.37. The van der Waals surface area contributed by atoms with Crippen LogP contribution in [0.3, 0.4) is 0 Å². The Labute approximate surface area is 61.0 Å². The Morgan fingerprint density at radius 2 is 2.50 bits per heavy atom. The van der Waals surface area contributed by atoms with Gasteiger partial charge in [0.1, 0.15) is 0 Å². The summed E-state index contributed by atoms with van der Waals surface area (Å²) in [7, 11) is 3.32. The summed E-state index contributed by atoms with van der Waals surface area (Å²) >= 11 is 0. The number of ether oxygens (including phenoxy) is 1. The van der Waals surface area contributed by atoms with E-state index in [1.54, 1.807) is 11.9 Å². The molecule has 0 rings (SSSR count). The maximum Gasteiger partial charge on any atom is 0.292 e. The molecule has 0 unspecified atom stereocenters. The van der Waals surface area contributed by atoms with Crippen molar-refractivity contribution in [1.82, 2.24) is 4.90 Å². The van der Waals surface area contributed by atoms with Gasteiger partial charge in [-0.05, 0) is 0 Å². The third kappa shape index (κ3) is 2.50. The largest absolute Gasteiger partial charge is 0.468 e. The second-order valence-corrected chi connectivity index (χ2v) is 1.68. The third-order valence-electron chi connectivity index (χ3n) is 0.985. The smallest absolute Gasteiger partial charge is 0.292 e. The highest BCUT2D eigenvalue weighted by Gasteiger charge is 2.00. The van der Waals surface area contributed by atoms with Crippen LogP contribution in [0.2, 0.25) is 0 Å². The van der Waals surface area contributed by atoms with Crippen molar-refractivity contribution in [3.05, 3.63) is 12.8 Å². The predicted octanol–water partition coefficient (Wildman–Crippen LogP) is -0.0197. The first-order valence-electron chi connectivity index (χ1n) is 2.90. The van der Waals surface area contributed by atoms with Crippen molar-refractivity contribution in [3.63, 3.8) is 0 Å². The van der Waals surface area contributed by atoms with E-state index < -0.39 is 0 Å². The molecule has 10 heavy (non-hydrogen) atoms. The van der Waals surface area contributed by atoms with Crippen LogP contribution in [0, 0.1) is 0 Å². The summed E-state index contributed by atoms with van der Waals surface area (Å²) in [4.78, 5) is 5.49. The van der Waals surface area contributed by atoms with Crippen LogP contribution >= 0.6 is 0 Å². The Hall–Kier alpha value is -1.03. The highest BCUT2D eigenvalue weighted by molar-refractivity contribution is 5.73. The van der Waals surface area contributed by atoms with Crippen molar-refractivity contribution in [2.45, 2.75) is 0 Å². The van der Waals surface area contributed by atoms with Crippen molar-refractivity contribution in [2.24, 2.45) is 10.7 Å². The third-order valence-corrected chi connectivity index (χ3v) is 0.985. The summed E-state index contributed by atoms with van der Waals surface area (Å²) < 4.78 is 4.87. The lowest BCUT2D eigenvalue weighted by Crippen LogP contribution is -2.33. The monoisotopic (exact) mass is 143 g/mol. The van der Waals surface area contributed by atoms with Gasteiger partial charge in [0.15, 0.2) is 0 Å². The minimum atomic E-state index is 0.376. The molecular weight excluding hydrogens is 130 g/mol. The van der Waals surface area contributed by atoms with Gasteiger partial charge in [-0.15, -0.1) is 0 Å². The topological polar surface area (TPSA) is 50.8 Å². The molecule has 0 saturated heterocycles. The van der Waals surface area contributed by atoms with E-state index in [1.165, 1.54) is 13.3 Å². The van der Waals surface area contributed by atoms with E-state index in [9.17, 15) is 0 Å². The van der Waals surface area contributed by atoms with E-state index >= 15 is 0 Å². The van der Waals surface area contributed by atoms with Crippen LogP contribution in [0.4, 0.5) is 0 Å². The number of hydrogen-bond acceptors (Lipinski definition) is 3. The molecule has 0 fully saturated rings. The van der Waals surface area contributed by atoms with E-state index in [1.807, 2.05) is 0 Å². The molecule has 0 spiro atoms. The molecule has 0 aromatic rings. The minimum Gasteiger partial charge on any atom is -0.468 e. The van der Waals surface area contributed by atoms with Gasteiger partial charge < -0.3 is 15.4 Å². The second kappa shape index (κ2) is 4.81. The lowest BCUT2D eigenvalue weighted by atomic mass is 10.8. The molecule has 0 bridgehead atoms. The molecule has 0 aromatic carbocycles. The number of hydrogen-bond donors (Lipinski definition) is 1. The molecule has 0 aliphatic rings. The molecular formula is C6H13N3O. The Bertz CT molecular complexity index is 133. The summed E-state index contributed by atoms with van der Waals surface area (Å²) in [6.45, 7) is 3.81. The predicted molar refractivity (Wildman–Crippen MR) is 41.5 cm³/mol. The molecule has 0 heterocycles. The minimum absolute atomic E-state index is 0.376. The van der Waals surface area contributed by atoms with Crippen molar-refractivity contribution >= 4 is 6.02 Å². The highest BCUT2D eigenvalue weighted by Crippen LogP contribution is 1.86. The first kappa shape index (κ1) is 8.97. The van der Waals surface area contributed by atoms with Crippen LogP contribution in [0.1, 0.15) is 0 Å². The average Bonchev–Trinajstić information content (AvgIpc) is 1.99. The molecule has 0 radical (unpaired) electrons. The molecule has 0 aromatic heterocycles. The van der Waals surface area contributed by atoms with Crippen molar-refractivity contribution in [1.29, 1.82) is 0 Å². The van der Waals surface area contributed by atoms with Crippen LogP contribution in [-0.4, -0.2) is 31.7 Å². The number of nitrogens with two attached hydrogens (primary N) is 1. The first-order valence-corrected chi connectivity index (χ1v) is 2.90. The van der Waals surface area contributed by atoms with Crippen LogP contribution in [0.15, 0.2) is 17.8 Å². The van der Waals surface area contributed by atoms with Crippen LogP contribution in [0.25, 0.3) is 0 Å². The zero-order chi connectivity index (χ0) is 7.98. The van der Waals surface area contributed by atoms with Gasteiger partial charge >= 0.3 is 0 Å². The molecule has 58 valence electrons. The Balaban J connectivity index is 4.04. The molecule has 4 heteroatoms. The molecule has 0 atom stereocenters. The van der Waals surface area contributed by atoms with E-state index in [0.29, 0.717) is 12.7 Å². The second-order valence-electron chi connectivity index (χ2n) is 1.68. The summed E-state index contributed by atoms with van der Waals surface area (Å²) in [6.07, 6.45) is 1.41. The van der Waals surface area contributed by atoms with Gasteiger partial charge in [-0.2, -0.15) is 0 Å². The lowest BCUT2D eigenvalue weighted by molar-refractivity contribution is 0.312. The molecule has 4 nitrogen and oxygen atoms in total. The summed E-state index contributed by atoms with van der Waals surface area (Å²) in [5, 5.41) is 0. The van der Waals surface area contributed by atoms with Crippen molar-refractivity contribution < 1.29 is 4.74 Å². The van der Waals surface area contributed by atoms with E-state index in [0.717, 1.165) is 0 Å². The van der Waals surface area contributed by atoms with E-state index in [4.69, 9.17) is 10.5 Å². The maximum absolute atomic E-state index is 5.31. The van der Waals surface area contributed by atoms with Gasteiger partial charge in [0, 0.05) is 13.2 Å². The first-order chi connectivity index (χ1) is 4.76. The number of methoxy groups -OCH3 is 1. The highest BCUT2D eigenvalue weighted by atomic mass is 16.5. The molecule has 2 N–H and O–H groups in total. The SMILES string of the molecule is C=C/N=C(/OC)N(C)CN. The quantitative estimate of drug-likeness (QED) is 0.336. The van der Waals surface area contributed by atoms with E-state index in [-0.39, 0.29) is 0 Å². The van der Waals surface area contributed by atoms with Crippen molar-refractivity contribution in [3.8, 4) is 0 Å². The molecule has 0 amide bonds. The number of nitrogens with zero attached hydrogens (tertiary/aromatic N) is 2. The van der Waals surface area contributed by atoms with E-state index in [2.05, 4.69) is 11.6 Å². The van der Waals surface area contributed by atoms with Gasteiger partial charge in [-0.3, -0.25) is 0 Å². The fraction of sp³-hybridized carbons (Fsp3) is 0.500. The lowest BCUT2D eigenvalue weighted by Gasteiger charge is -2.15. The van der Waals surface area contributed by atoms with Crippen LogP contribution in [-0.2, 0) is 4.74 Å². The summed E-state index contributed by atoms with van der Waals surface area (Å²) in [5.41, 5.74) is 5.31. The number of rotatable bonds is 2. The zero-order valence-corrected chi connectivity index (χ0v) is 6.37. The fourth-order valence-corrected chi connectivity index (χ4v) is 0.463. The Kier molecular flexibility index (Phi) is 4.32. The fourth-order valence-electron chi connectivity index (χ4n) is 0.463. The van der Waals surface area contributed by atoms with Crippen LogP contribution < -0.4 is 5.73 Å². The van der Waals surface area contributed by atoms with Crippen LogP contribution in [0.5, 0.6) is 0 Å². The number of aliphatic imine (C=N–C) groups is 1. The van der Waals surface area contributed by atoms with Gasteiger partial charge in [0.05, 0.1) is 13.8 Å². The molecule has 0 aliphatic carbocycles. The van der Waals surface area contributed by atoms with Crippen molar-refractivity contribution in [2.75, 3.05) is 20.8 Å². The Morgan fingerprint density at radius 1 is 1.90 bits per heavy atom. The van der Waals surface area contributed by atoms with Gasteiger partial charge in [-0.25, -0.2) is 4.99 Å². The summed E-state index contributed by atoms with van der Waals surface area (Å²) in [5.74, 6) is 0. The van der Waals surface area contributed by atoms with Gasteiger partial charge in [0.2, 0.25) is 0 Å². The number of amidine groups is 1.